The lowest BCUT2D eigenvalue weighted by Gasteiger charge is -2.17. The van der Waals surface area contributed by atoms with E-state index >= 15 is 0 Å². The van der Waals surface area contributed by atoms with Gasteiger partial charge in [-0.2, -0.15) is 0 Å². The van der Waals surface area contributed by atoms with Gasteiger partial charge in [0.15, 0.2) is 0 Å². The van der Waals surface area contributed by atoms with E-state index in [2.05, 4.69) is 33.2 Å². The molecule has 1 aromatic heterocycles. The fourth-order valence-corrected chi connectivity index (χ4v) is 2.65. The van der Waals surface area contributed by atoms with Gasteiger partial charge in [0.25, 0.3) is 0 Å². The standard InChI is InChI=1S/C10H13BrN2S/c1-3-7(2)13-9(5-12)10-4-8(11)6-14-10/h1,4,6-7,9,13H,5,12H2,2H3. The third-order valence-corrected chi connectivity index (χ3v) is 3.68. The van der Waals surface area contributed by atoms with E-state index in [-0.39, 0.29) is 12.1 Å². The van der Waals surface area contributed by atoms with Crippen LogP contribution in [-0.2, 0) is 0 Å². The van der Waals surface area contributed by atoms with E-state index in [1.807, 2.05) is 12.3 Å². The zero-order valence-electron chi connectivity index (χ0n) is 7.96. The number of terminal acetylenes is 1. The van der Waals surface area contributed by atoms with E-state index < -0.39 is 0 Å². The van der Waals surface area contributed by atoms with Crippen LogP contribution < -0.4 is 11.1 Å². The molecule has 0 aliphatic heterocycles. The number of hydrogen-bond acceptors (Lipinski definition) is 3. The molecule has 1 heterocycles. The summed E-state index contributed by atoms with van der Waals surface area (Å²) in [7, 11) is 0. The van der Waals surface area contributed by atoms with Gasteiger partial charge in [-0.15, -0.1) is 17.8 Å². The predicted octanol–water partition coefficient (Wildman–Crippen LogP) is 2.12. The van der Waals surface area contributed by atoms with E-state index in [4.69, 9.17) is 12.2 Å². The number of thiophene rings is 1. The van der Waals surface area contributed by atoms with Crippen LogP contribution in [0.15, 0.2) is 15.9 Å². The maximum absolute atomic E-state index is 5.68. The molecule has 0 spiro atoms. The Hall–Kier alpha value is -0.340. The normalized spacial score (nSPS) is 14.7. The summed E-state index contributed by atoms with van der Waals surface area (Å²) in [5.74, 6) is 2.63. The van der Waals surface area contributed by atoms with Crippen LogP contribution >= 0.6 is 27.3 Å². The molecule has 1 rings (SSSR count). The van der Waals surface area contributed by atoms with Crippen LogP contribution in [0.5, 0.6) is 0 Å². The lowest BCUT2D eigenvalue weighted by Crippen LogP contribution is -2.33. The van der Waals surface area contributed by atoms with E-state index in [0.717, 1.165) is 4.47 Å². The molecule has 0 saturated heterocycles. The molecule has 14 heavy (non-hydrogen) atoms. The molecule has 0 saturated carbocycles. The van der Waals surface area contributed by atoms with Crippen LogP contribution in [0, 0.1) is 12.3 Å². The molecule has 1 aromatic rings. The van der Waals surface area contributed by atoms with Crippen molar-refractivity contribution >= 4 is 27.3 Å². The Morgan fingerprint density at radius 3 is 2.93 bits per heavy atom. The summed E-state index contributed by atoms with van der Waals surface area (Å²) in [6.45, 7) is 2.50. The van der Waals surface area contributed by atoms with Gasteiger partial charge in [-0.3, -0.25) is 5.32 Å². The van der Waals surface area contributed by atoms with Crippen LogP contribution in [0.4, 0.5) is 0 Å². The van der Waals surface area contributed by atoms with Crippen molar-refractivity contribution in [1.29, 1.82) is 0 Å². The lowest BCUT2D eigenvalue weighted by molar-refractivity contribution is 0.525. The van der Waals surface area contributed by atoms with Crippen molar-refractivity contribution in [3.63, 3.8) is 0 Å². The molecule has 0 fully saturated rings. The third kappa shape index (κ3) is 3.10. The molecule has 0 aromatic carbocycles. The Bertz CT molecular complexity index is 329. The molecule has 0 radical (unpaired) electrons. The zero-order valence-corrected chi connectivity index (χ0v) is 10.4. The smallest absolute Gasteiger partial charge is 0.0663 e. The van der Waals surface area contributed by atoms with Crippen molar-refractivity contribution in [1.82, 2.24) is 5.32 Å². The van der Waals surface area contributed by atoms with Crippen molar-refractivity contribution in [2.45, 2.75) is 19.0 Å². The highest BCUT2D eigenvalue weighted by molar-refractivity contribution is 9.10. The summed E-state index contributed by atoms with van der Waals surface area (Å²) < 4.78 is 1.09. The summed E-state index contributed by atoms with van der Waals surface area (Å²) in [4.78, 5) is 1.21. The van der Waals surface area contributed by atoms with Crippen LogP contribution in [0.25, 0.3) is 0 Å². The largest absolute Gasteiger partial charge is 0.329 e. The molecule has 4 heteroatoms. The summed E-state index contributed by atoms with van der Waals surface area (Å²) in [5, 5.41) is 5.32. The van der Waals surface area contributed by atoms with E-state index in [1.54, 1.807) is 11.3 Å². The first-order valence-corrected chi connectivity index (χ1v) is 6.00. The molecule has 3 N–H and O–H groups in total. The van der Waals surface area contributed by atoms with Crippen LogP contribution in [0.1, 0.15) is 17.8 Å². The Morgan fingerprint density at radius 1 is 1.79 bits per heavy atom. The lowest BCUT2D eigenvalue weighted by atomic mass is 10.2. The van der Waals surface area contributed by atoms with E-state index in [9.17, 15) is 0 Å². The van der Waals surface area contributed by atoms with Crippen molar-refractivity contribution in [3.05, 3.63) is 20.8 Å². The third-order valence-electron chi connectivity index (χ3n) is 1.87. The van der Waals surface area contributed by atoms with Crippen LogP contribution in [0.3, 0.4) is 0 Å². The number of nitrogens with two attached hydrogens (primary N) is 1. The average Bonchev–Trinajstić information content (AvgIpc) is 2.60. The van der Waals surface area contributed by atoms with Gasteiger partial charge >= 0.3 is 0 Å². The number of halogens is 1. The summed E-state index contributed by atoms with van der Waals surface area (Å²) >= 11 is 5.09. The summed E-state index contributed by atoms with van der Waals surface area (Å²) in [6.07, 6.45) is 5.30. The van der Waals surface area contributed by atoms with Crippen molar-refractivity contribution in [3.8, 4) is 12.3 Å². The highest BCUT2D eigenvalue weighted by atomic mass is 79.9. The van der Waals surface area contributed by atoms with Gasteiger partial charge in [0, 0.05) is 21.3 Å². The molecule has 0 aliphatic rings. The van der Waals surface area contributed by atoms with Crippen molar-refractivity contribution in [2.24, 2.45) is 5.73 Å². The zero-order chi connectivity index (χ0) is 10.6. The van der Waals surface area contributed by atoms with Gasteiger partial charge in [0.05, 0.1) is 12.1 Å². The fraction of sp³-hybridized carbons (Fsp3) is 0.400. The first-order valence-electron chi connectivity index (χ1n) is 4.33. The predicted molar refractivity (Wildman–Crippen MR) is 65.2 cm³/mol. The minimum atomic E-state index is 0.0458. The second-order valence-electron chi connectivity index (χ2n) is 3.01. The van der Waals surface area contributed by atoms with Gasteiger partial charge in [0.2, 0.25) is 0 Å². The monoisotopic (exact) mass is 272 g/mol. The average molecular weight is 273 g/mol. The maximum Gasteiger partial charge on any atom is 0.0663 e. The second kappa shape index (κ2) is 5.52. The quantitative estimate of drug-likeness (QED) is 0.825. The molecular formula is C10H13BrN2S. The second-order valence-corrected chi connectivity index (χ2v) is 4.87. The van der Waals surface area contributed by atoms with Gasteiger partial charge in [-0.05, 0) is 28.9 Å². The molecule has 2 unspecified atom stereocenters. The van der Waals surface area contributed by atoms with Gasteiger partial charge in [-0.1, -0.05) is 5.92 Å². The van der Waals surface area contributed by atoms with E-state index in [1.165, 1.54) is 4.88 Å². The molecule has 0 aliphatic carbocycles. The molecule has 2 atom stereocenters. The first-order chi connectivity index (χ1) is 6.67. The number of hydrogen-bond donors (Lipinski definition) is 2. The number of nitrogens with one attached hydrogen (secondary N) is 1. The Labute approximate surface area is 97.0 Å². The van der Waals surface area contributed by atoms with Crippen LogP contribution in [-0.4, -0.2) is 12.6 Å². The topological polar surface area (TPSA) is 38.0 Å². The highest BCUT2D eigenvalue weighted by Crippen LogP contribution is 2.25. The first kappa shape index (κ1) is 11.7. The molecule has 0 bridgehead atoms. The SMILES string of the molecule is C#CC(C)NC(CN)c1cc(Br)cs1. The molecular weight excluding hydrogens is 260 g/mol. The molecule has 0 amide bonds. The number of rotatable bonds is 4. The van der Waals surface area contributed by atoms with Gasteiger partial charge < -0.3 is 5.73 Å². The maximum atomic E-state index is 5.68. The summed E-state index contributed by atoms with van der Waals surface area (Å²) in [6, 6.07) is 2.26. The Morgan fingerprint density at radius 2 is 2.50 bits per heavy atom. The van der Waals surface area contributed by atoms with E-state index in [0.29, 0.717) is 6.54 Å². The van der Waals surface area contributed by atoms with Crippen molar-refractivity contribution in [2.75, 3.05) is 6.54 Å². The van der Waals surface area contributed by atoms with Gasteiger partial charge in [-0.25, -0.2) is 0 Å². The van der Waals surface area contributed by atoms with Crippen molar-refractivity contribution < 1.29 is 0 Å². The highest BCUT2D eigenvalue weighted by Gasteiger charge is 2.13. The van der Waals surface area contributed by atoms with Crippen LogP contribution in [0.2, 0.25) is 0 Å². The molecule has 2 nitrogen and oxygen atoms in total. The minimum absolute atomic E-state index is 0.0458. The summed E-state index contributed by atoms with van der Waals surface area (Å²) in [5.41, 5.74) is 5.68. The fourth-order valence-electron chi connectivity index (χ4n) is 1.13. The Balaban J connectivity index is 2.68. The van der Waals surface area contributed by atoms with Gasteiger partial charge in [0.1, 0.15) is 0 Å². The Kier molecular flexibility index (Phi) is 4.63. The minimum Gasteiger partial charge on any atom is -0.329 e. The molecule has 76 valence electrons.